The summed E-state index contributed by atoms with van der Waals surface area (Å²) in [5.41, 5.74) is 0.890. The first kappa shape index (κ1) is 21.1. The molecule has 0 heterocycles. The van der Waals surface area contributed by atoms with Crippen LogP contribution in [0.5, 0.6) is 11.5 Å². The van der Waals surface area contributed by atoms with E-state index in [1.807, 2.05) is 36.4 Å². The van der Waals surface area contributed by atoms with E-state index in [1.54, 1.807) is 24.3 Å². The third kappa shape index (κ3) is 5.46. The number of nitro groups is 1. The van der Waals surface area contributed by atoms with Crippen LogP contribution in [-0.4, -0.2) is 15.9 Å². The van der Waals surface area contributed by atoms with Gasteiger partial charge in [0.15, 0.2) is 0 Å². The summed E-state index contributed by atoms with van der Waals surface area (Å²) in [7, 11) is 0. The average Bonchev–Trinajstić information content (AvgIpc) is 2.78. The third-order valence-corrected chi connectivity index (χ3v) is 4.26. The number of carbonyl (C=O) groups excluding carboxylic acids is 1. The number of hydrogen-bond donors (Lipinski definition) is 2. The molecule has 1 amide bonds. The molecule has 0 aliphatic heterocycles. The van der Waals surface area contributed by atoms with E-state index < -0.39 is 16.6 Å². The number of phenolic OH excluding ortho intramolecular Hbond substituents is 1. The predicted octanol–water partition coefficient (Wildman–Crippen LogP) is 4.43. The van der Waals surface area contributed by atoms with Crippen molar-refractivity contribution in [2.24, 2.45) is 0 Å². The van der Waals surface area contributed by atoms with Crippen LogP contribution in [-0.2, 0) is 11.4 Å². The van der Waals surface area contributed by atoms with Gasteiger partial charge in [-0.3, -0.25) is 14.9 Å². The zero-order valence-corrected chi connectivity index (χ0v) is 16.2. The molecule has 0 atom stereocenters. The van der Waals surface area contributed by atoms with Gasteiger partial charge in [-0.25, -0.2) is 0 Å². The maximum absolute atomic E-state index is 12.5. The number of phenols is 1. The normalized spacial score (nSPS) is 10.7. The van der Waals surface area contributed by atoms with E-state index in [4.69, 9.17) is 4.74 Å². The van der Waals surface area contributed by atoms with Crippen molar-refractivity contribution in [2.75, 3.05) is 5.32 Å². The van der Waals surface area contributed by atoms with Crippen LogP contribution in [0.15, 0.2) is 78.4 Å². The zero-order valence-electron chi connectivity index (χ0n) is 16.2. The van der Waals surface area contributed by atoms with E-state index in [0.29, 0.717) is 17.9 Å². The molecule has 0 unspecified atom stereocenters. The number of rotatable bonds is 7. The van der Waals surface area contributed by atoms with Crippen molar-refractivity contribution >= 4 is 23.4 Å². The van der Waals surface area contributed by atoms with Crippen LogP contribution >= 0.6 is 0 Å². The molecule has 0 spiro atoms. The van der Waals surface area contributed by atoms with Crippen molar-refractivity contribution in [3.05, 3.63) is 99.6 Å². The lowest BCUT2D eigenvalue weighted by molar-refractivity contribution is -0.384. The number of aromatic hydroxyl groups is 1. The van der Waals surface area contributed by atoms with Crippen molar-refractivity contribution in [3.8, 4) is 17.6 Å². The minimum atomic E-state index is -0.774. The Hall–Kier alpha value is -4.64. The van der Waals surface area contributed by atoms with Crippen LogP contribution in [0.2, 0.25) is 0 Å². The van der Waals surface area contributed by atoms with Crippen LogP contribution in [0.1, 0.15) is 11.1 Å². The van der Waals surface area contributed by atoms with Gasteiger partial charge in [-0.1, -0.05) is 48.5 Å². The Morgan fingerprint density at radius 2 is 1.84 bits per heavy atom. The highest BCUT2D eigenvalue weighted by Crippen LogP contribution is 2.28. The average molecular weight is 415 g/mol. The first-order chi connectivity index (χ1) is 15.0. The minimum absolute atomic E-state index is 0.0506. The fourth-order valence-electron chi connectivity index (χ4n) is 2.70. The maximum Gasteiger partial charge on any atom is 0.273 e. The Bertz CT molecular complexity index is 1180. The molecule has 0 bridgehead atoms. The third-order valence-electron chi connectivity index (χ3n) is 4.26. The molecule has 154 valence electrons. The highest BCUT2D eigenvalue weighted by atomic mass is 16.6. The largest absolute Gasteiger partial charge is 0.506 e. The number of nitriles is 1. The molecular weight excluding hydrogens is 398 g/mol. The highest BCUT2D eigenvalue weighted by molar-refractivity contribution is 6.10. The number of carbonyl (C=O) groups is 1. The van der Waals surface area contributed by atoms with E-state index in [2.05, 4.69) is 5.32 Å². The Labute approximate surface area is 177 Å². The molecule has 3 aromatic carbocycles. The number of anilines is 1. The van der Waals surface area contributed by atoms with Gasteiger partial charge in [-0.15, -0.1) is 0 Å². The number of hydrogen-bond acceptors (Lipinski definition) is 6. The number of nitrogens with zero attached hydrogens (tertiary/aromatic N) is 2. The van der Waals surface area contributed by atoms with Crippen molar-refractivity contribution in [3.63, 3.8) is 0 Å². The quantitative estimate of drug-likeness (QED) is 0.193. The molecule has 8 nitrogen and oxygen atoms in total. The molecule has 31 heavy (non-hydrogen) atoms. The molecule has 0 aliphatic rings. The SMILES string of the molecule is N#C/C(=C\c1ccccc1OCc1ccccc1)C(=O)Nc1ccc([N+](=O)[O-])cc1O. The summed E-state index contributed by atoms with van der Waals surface area (Å²) in [6.45, 7) is 0.316. The Kier molecular flexibility index (Phi) is 6.60. The fourth-order valence-corrected chi connectivity index (χ4v) is 2.70. The lowest BCUT2D eigenvalue weighted by Gasteiger charge is -2.10. The topological polar surface area (TPSA) is 125 Å². The smallest absolute Gasteiger partial charge is 0.273 e. The molecule has 3 aromatic rings. The Balaban J connectivity index is 1.79. The fraction of sp³-hybridized carbons (Fsp3) is 0.0435. The lowest BCUT2D eigenvalue weighted by atomic mass is 10.1. The first-order valence-corrected chi connectivity index (χ1v) is 9.14. The van der Waals surface area contributed by atoms with Gasteiger partial charge in [0, 0.05) is 11.6 Å². The molecule has 0 radical (unpaired) electrons. The van der Waals surface area contributed by atoms with Gasteiger partial charge >= 0.3 is 0 Å². The molecule has 0 aliphatic carbocycles. The van der Waals surface area contributed by atoms with Crippen LogP contribution < -0.4 is 10.1 Å². The van der Waals surface area contributed by atoms with Crippen molar-refractivity contribution in [2.45, 2.75) is 6.61 Å². The second-order valence-corrected chi connectivity index (χ2v) is 6.39. The molecule has 0 saturated carbocycles. The molecule has 0 aromatic heterocycles. The van der Waals surface area contributed by atoms with E-state index in [1.165, 1.54) is 12.1 Å². The van der Waals surface area contributed by atoms with Gasteiger partial charge in [-0.05, 0) is 23.8 Å². The summed E-state index contributed by atoms with van der Waals surface area (Å²) in [6, 6.07) is 21.6. The van der Waals surface area contributed by atoms with E-state index >= 15 is 0 Å². The summed E-state index contributed by atoms with van der Waals surface area (Å²) in [5, 5.41) is 32.5. The van der Waals surface area contributed by atoms with Crippen LogP contribution in [0.25, 0.3) is 6.08 Å². The second kappa shape index (κ2) is 9.71. The molecular formula is C23H17N3O5. The number of benzene rings is 3. The van der Waals surface area contributed by atoms with Crippen molar-refractivity contribution < 1.29 is 19.6 Å². The monoisotopic (exact) mass is 415 g/mol. The zero-order chi connectivity index (χ0) is 22.2. The first-order valence-electron chi connectivity index (χ1n) is 9.14. The van der Waals surface area contributed by atoms with Crippen molar-refractivity contribution in [1.29, 1.82) is 5.26 Å². The number of non-ortho nitro benzene ring substituents is 1. The van der Waals surface area contributed by atoms with Gasteiger partial charge in [0.25, 0.3) is 11.6 Å². The highest BCUT2D eigenvalue weighted by Gasteiger charge is 2.15. The number of amides is 1. The van der Waals surface area contributed by atoms with Crippen LogP contribution in [0.3, 0.4) is 0 Å². The second-order valence-electron chi connectivity index (χ2n) is 6.39. The van der Waals surface area contributed by atoms with Crippen LogP contribution in [0, 0.1) is 21.4 Å². The molecule has 2 N–H and O–H groups in total. The maximum atomic E-state index is 12.5. The van der Waals surface area contributed by atoms with Gasteiger partial charge in [0.05, 0.1) is 16.7 Å². The molecule has 0 saturated heterocycles. The van der Waals surface area contributed by atoms with Gasteiger partial charge in [0.2, 0.25) is 0 Å². The standard InChI is InChI=1S/C23H17N3O5/c24-14-18(23(28)25-20-11-10-19(26(29)30)13-21(20)27)12-17-8-4-5-9-22(17)31-15-16-6-2-1-3-7-16/h1-13,27H,15H2,(H,25,28)/b18-12+. The number of nitrogens with one attached hydrogen (secondary N) is 1. The summed E-state index contributed by atoms with van der Waals surface area (Å²) in [6.07, 6.45) is 1.37. The molecule has 8 heteroatoms. The number of ether oxygens (including phenoxy) is 1. The molecule has 3 rings (SSSR count). The minimum Gasteiger partial charge on any atom is -0.506 e. The number of para-hydroxylation sites is 1. The Morgan fingerprint density at radius 3 is 2.52 bits per heavy atom. The Morgan fingerprint density at radius 1 is 1.13 bits per heavy atom. The van der Waals surface area contributed by atoms with Gasteiger partial charge in [0.1, 0.15) is 29.7 Å². The molecule has 0 fully saturated rings. The van der Waals surface area contributed by atoms with Crippen molar-refractivity contribution in [1.82, 2.24) is 0 Å². The van der Waals surface area contributed by atoms with E-state index in [-0.39, 0.29) is 16.9 Å². The van der Waals surface area contributed by atoms with E-state index in [0.717, 1.165) is 17.7 Å². The number of nitro benzene ring substituents is 1. The summed E-state index contributed by atoms with van der Waals surface area (Å²) >= 11 is 0. The van der Waals surface area contributed by atoms with Gasteiger partial charge < -0.3 is 15.2 Å². The summed E-state index contributed by atoms with van der Waals surface area (Å²) in [5.74, 6) is -0.763. The van der Waals surface area contributed by atoms with Crippen LogP contribution in [0.4, 0.5) is 11.4 Å². The van der Waals surface area contributed by atoms with Gasteiger partial charge in [-0.2, -0.15) is 5.26 Å². The van der Waals surface area contributed by atoms with E-state index in [9.17, 15) is 25.3 Å². The summed E-state index contributed by atoms with van der Waals surface area (Å²) in [4.78, 5) is 22.6. The predicted molar refractivity (Wildman–Crippen MR) is 114 cm³/mol. The lowest BCUT2D eigenvalue weighted by Crippen LogP contribution is -2.13. The summed E-state index contributed by atoms with van der Waals surface area (Å²) < 4.78 is 5.83.